The highest BCUT2D eigenvalue weighted by Gasteiger charge is 2.08. The summed E-state index contributed by atoms with van der Waals surface area (Å²) in [5.74, 6) is -0.234. The highest BCUT2D eigenvalue weighted by atomic mass is 32.2. The van der Waals surface area contributed by atoms with Gasteiger partial charge in [-0.15, -0.1) is 0 Å². The molecule has 2 N–H and O–H groups in total. The van der Waals surface area contributed by atoms with E-state index in [1.54, 1.807) is 19.2 Å². The van der Waals surface area contributed by atoms with Gasteiger partial charge in [0.25, 0.3) is 0 Å². The summed E-state index contributed by atoms with van der Waals surface area (Å²) in [5, 5.41) is 5.52. The van der Waals surface area contributed by atoms with E-state index in [1.807, 2.05) is 0 Å². The molecule has 0 atom stereocenters. The molecule has 0 bridgehead atoms. The molecule has 0 unspecified atom stereocenters. The van der Waals surface area contributed by atoms with Gasteiger partial charge in [-0.25, -0.2) is 8.42 Å². The zero-order chi connectivity index (χ0) is 14.3. The van der Waals surface area contributed by atoms with E-state index in [2.05, 4.69) is 10.6 Å². The molecular weight excluding hydrogens is 268 g/mol. The van der Waals surface area contributed by atoms with Gasteiger partial charge in [-0.1, -0.05) is 6.07 Å². The minimum Gasteiger partial charge on any atom is -0.383 e. The molecule has 1 rings (SSSR count). The Labute approximate surface area is 113 Å². The lowest BCUT2D eigenvalue weighted by Gasteiger charge is -2.07. The first-order valence-corrected chi connectivity index (χ1v) is 7.62. The lowest BCUT2D eigenvalue weighted by molar-refractivity contribution is -0.115. The van der Waals surface area contributed by atoms with Crippen molar-refractivity contribution in [3.63, 3.8) is 0 Å². The molecule has 106 valence electrons. The first-order valence-electron chi connectivity index (χ1n) is 5.73. The molecule has 0 spiro atoms. The van der Waals surface area contributed by atoms with Crippen LogP contribution < -0.4 is 10.6 Å². The fourth-order valence-electron chi connectivity index (χ4n) is 1.39. The zero-order valence-electron chi connectivity index (χ0n) is 11.0. The van der Waals surface area contributed by atoms with Crippen molar-refractivity contribution < 1.29 is 17.9 Å². The molecule has 1 aromatic carbocycles. The van der Waals surface area contributed by atoms with Crippen molar-refractivity contribution in [3.8, 4) is 0 Å². The Hall–Kier alpha value is -1.44. The Morgan fingerprint density at radius 2 is 2.11 bits per heavy atom. The van der Waals surface area contributed by atoms with Gasteiger partial charge in [-0.2, -0.15) is 0 Å². The molecule has 0 radical (unpaired) electrons. The quantitative estimate of drug-likeness (QED) is 0.703. The summed E-state index contributed by atoms with van der Waals surface area (Å²) < 4.78 is 27.6. The lowest BCUT2D eigenvalue weighted by Crippen LogP contribution is -2.30. The van der Waals surface area contributed by atoms with Crippen LogP contribution in [0.5, 0.6) is 0 Å². The van der Waals surface area contributed by atoms with Crippen molar-refractivity contribution in [3.05, 3.63) is 24.3 Å². The normalized spacial score (nSPS) is 11.3. The second kappa shape index (κ2) is 7.22. The van der Waals surface area contributed by atoms with Gasteiger partial charge in [0.15, 0.2) is 9.84 Å². The summed E-state index contributed by atoms with van der Waals surface area (Å²) in [6, 6.07) is 6.15. The van der Waals surface area contributed by atoms with Crippen LogP contribution in [0.4, 0.5) is 5.69 Å². The molecule has 7 heteroatoms. The molecular formula is C12H18N2O4S. The van der Waals surface area contributed by atoms with Gasteiger partial charge in [-0.3, -0.25) is 4.79 Å². The Balaban J connectivity index is 2.55. The number of rotatable bonds is 7. The molecule has 0 aromatic heterocycles. The van der Waals surface area contributed by atoms with Crippen LogP contribution in [0.25, 0.3) is 0 Å². The van der Waals surface area contributed by atoms with Crippen molar-refractivity contribution in [1.82, 2.24) is 5.32 Å². The maximum absolute atomic E-state index is 11.6. The largest absolute Gasteiger partial charge is 0.383 e. The molecule has 19 heavy (non-hydrogen) atoms. The minimum atomic E-state index is -3.27. The third-order valence-electron chi connectivity index (χ3n) is 2.31. The van der Waals surface area contributed by atoms with Crippen LogP contribution in [-0.2, 0) is 19.4 Å². The SMILES string of the molecule is COCCNCC(=O)Nc1cccc(S(C)(=O)=O)c1. The number of ether oxygens (including phenoxy) is 1. The van der Waals surface area contributed by atoms with Gasteiger partial charge < -0.3 is 15.4 Å². The van der Waals surface area contributed by atoms with Crippen molar-refractivity contribution in [2.75, 3.05) is 38.4 Å². The Kier molecular flexibility index (Phi) is 5.94. The number of hydrogen-bond acceptors (Lipinski definition) is 5. The molecule has 0 saturated heterocycles. The van der Waals surface area contributed by atoms with E-state index in [4.69, 9.17) is 4.74 Å². The highest BCUT2D eigenvalue weighted by Crippen LogP contribution is 2.14. The van der Waals surface area contributed by atoms with E-state index in [0.717, 1.165) is 6.26 Å². The highest BCUT2D eigenvalue weighted by molar-refractivity contribution is 7.90. The predicted octanol–water partition coefficient (Wildman–Crippen LogP) is 0.265. The third kappa shape index (κ3) is 5.82. The number of nitrogens with one attached hydrogen (secondary N) is 2. The van der Waals surface area contributed by atoms with Crippen molar-refractivity contribution in [2.45, 2.75) is 4.90 Å². The first kappa shape index (κ1) is 15.6. The molecule has 0 aliphatic rings. The molecule has 0 aliphatic carbocycles. The van der Waals surface area contributed by atoms with Gasteiger partial charge in [0, 0.05) is 25.6 Å². The minimum absolute atomic E-state index is 0.145. The van der Waals surface area contributed by atoms with Crippen LogP contribution in [-0.4, -0.2) is 47.4 Å². The van der Waals surface area contributed by atoms with Gasteiger partial charge in [-0.05, 0) is 18.2 Å². The second-order valence-electron chi connectivity index (χ2n) is 4.02. The summed E-state index contributed by atoms with van der Waals surface area (Å²) in [7, 11) is -1.69. The topological polar surface area (TPSA) is 84.5 Å². The average molecular weight is 286 g/mol. The van der Waals surface area contributed by atoms with Gasteiger partial charge in [0.1, 0.15) is 0 Å². The number of hydrogen-bond donors (Lipinski definition) is 2. The van der Waals surface area contributed by atoms with E-state index in [9.17, 15) is 13.2 Å². The number of anilines is 1. The van der Waals surface area contributed by atoms with Crippen LogP contribution in [0, 0.1) is 0 Å². The van der Waals surface area contributed by atoms with Crippen LogP contribution in [0.3, 0.4) is 0 Å². The first-order chi connectivity index (χ1) is 8.93. The number of methoxy groups -OCH3 is 1. The van der Waals surface area contributed by atoms with E-state index in [-0.39, 0.29) is 17.3 Å². The van der Waals surface area contributed by atoms with Crippen molar-refractivity contribution in [1.29, 1.82) is 0 Å². The number of benzene rings is 1. The number of amides is 1. The standard InChI is InChI=1S/C12H18N2O4S/c1-18-7-6-13-9-12(15)14-10-4-3-5-11(8-10)19(2,16)17/h3-5,8,13H,6-7,9H2,1-2H3,(H,14,15). The summed E-state index contributed by atoms with van der Waals surface area (Å²) >= 11 is 0. The van der Waals surface area contributed by atoms with E-state index >= 15 is 0 Å². The predicted molar refractivity (Wildman–Crippen MR) is 72.9 cm³/mol. The summed E-state index contributed by atoms with van der Waals surface area (Å²) in [6.07, 6.45) is 1.13. The van der Waals surface area contributed by atoms with Crippen LogP contribution in [0.2, 0.25) is 0 Å². The maximum Gasteiger partial charge on any atom is 0.238 e. The Morgan fingerprint density at radius 3 is 2.74 bits per heavy atom. The Morgan fingerprint density at radius 1 is 1.37 bits per heavy atom. The van der Waals surface area contributed by atoms with Gasteiger partial charge in [0.05, 0.1) is 18.0 Å². The summed E-state index contributed by atoms with van der Waals surface area (Å²) in [4.78, 5) is 11.8. The monoisotopic (exact) mass is 286 g/mol. The van der Waals surface area contributed by atoms with E-state index < -0.39 is 9.84 Å². The van der Waals surface area contributed by atoms with Crippen molar-refractivity contribution >= 4 is 21.4 Å². The third-order valence-corrected chi connectivity index (χ3v) is 3.42. The number of carbonyl (C=O) groups is 1. The van der Waals surface area contributed by atoms with E-state index in [0.29, 0.717) is 18.8 Å². The number of sulfone groups is 1. The average Bonchev–Trinajstić information content (AvgIpc) is 2.34. The smallest absolute Gasteiger partial charge is 0.238 e. The molecule has 6 nitrogen and oxygen atoms in total. The van der Waals surface area contributed by atoms with E-state index in [1.165, 1.54) is 12.1 Å². The maximum atomic E-state index is 11.6. The van der Waals surface area contributed by atoms with Gasteiger partial charge in [0.2, 0.25) is 5.91 Å². The van der Waals surface area contributed by atoms with Crippen molar-refractivity contribution in [2.24, 2.45) is 0 Å². The van der Waals surface area contributed by atoms with Crippen LogP contribution in [0.1, 0.15) is 0 Å². The molecule has 1 aromatic rings. The number of carbonyl (C=O) groups excluding carboxylic acids is 1. The van der Waals surface area contributed by atoms with Gasteiger partial charge >= 0.3 is 0 Å². The summed E-state index contributed by atoms with van der Waals surface area (Å²) in [6.45, 7) is 1.25. The molecule has 0 heterocycles. The fourth-order valence-corrected chi connectivity index (χ4v) is 2.05. The van der Waals surface area contributed by atoms with Crippen LogP contribution >= 0.6 is 0 Å². The second-order valence-corrected chi connectivity index (χ2v) is 6.03. The molecule has 0 fully saturated rings. The molecule has 0 aliphatic heterocycles. The lowest BCUT2D eigenvalue weighted by atomic mass is 10.3. The molecule has 1 amide bonds. The molecule has 0 saturated carbocycles. The Bertz CT molecular complexity index is 528. The summed E-state index contributed by atoms with van der Waals surface area (Å²) in [5.41, 5.74) is 0.460. The fraction of sp³-hybridized carbons (Fsp3) is 0.417. The zero-order valence-corrected chi connectivity index (χ0v) is 11.8. The van der Waals surface area contributed by atoms with Crippen LogP contribution in [0.15, 0.2) is 29.2 Å².